The lowest BCUT2D eigenvalue weighted by Gasteiger charge is -2.40. The fraction of sp³-hybridized carbons (Fsp3) is 0.279. The summed E-state index contributed by atoms with van der Waals surface area (Å²) < 4.78 is 1.92. The third kappa shape index (κ3) is 10.7. The highest BCUT2D eigenvalue weighted by Crippen LogP contribution is 2.50. The highest BCUT2D eigenvalue weighted by Gasteiger charge is 2.34. The number of likely N-dealkylation sites (N-methyl/N-ethyl adjacent to an activating group) is 2. The molecule has 4 aliphatic rings. The van der Waals surface area contributed by atoms with Crippen LogP contribution in [0, 0.1) is 0 Å². The molecule has 0 unspecified atom stereocenters. The first-order chi connectivity index (χ1) is 36.9. The van der Waals surface area contributed by atoms with E-state index in [0.29, 0.717) is 0 Å². The van der Waals surface area contributed by atoms with Crippen molar-refractivity contribution in [3.05, 3.63) is 170 Å². The van der Waals surface area contributed by atoms with Crippen LogP contribution in [0.5, 0.6) is 0 Å². The number of pyridine rings is 4. The molecule has 8 aromatic rings. The Morgan fingerprint density at radius 2 is 0.533 bits per heavy atom. The van der Waals surface area contributed by atoms with Crippen molar-refractivity contribution >= 4 is 93.1 Å². The van der Waals surface area contributed by atoms with Gasteiger partial charge < -0.3 is 28.6 Å². The summed E-state index contributed by atoms with van der Waals surface area (Å²) in [6.45, 7) is 9.81. The van der Waals surface area contributed by atoms with Crippen LogP contribution < -0.4 is 19.6 Å². The number of fused-ring (bicyclic) bond motifs is 8. The van der Waals surface area contributed by atoms with Crippen molar-refractivity contribution in [3.8, 4) is 0 Å². The standard InChI is InChI=1S/C61H64N10S4/c1-70(42-36-66-46-20-6-10-24-50(46)72-54-28-16-32-62-58(54)66,43-37-67-47-21-7-11-25-51(47)73-55-29-17-33-63-59(55)67)40-14-4-3-5-15-41-71(2,44-38-68-48-22-8-12-26-52(48)74-56-30-18-34-64-60(56)68)45-39-69-49-23-9-13-27-53(49)75-57-31-19-35-65-61(57)69/h6-13,16-35H,3-5,14-15,36-45H2,1-2H3/q+2. The minimum atomic E-state index is 0.892. The van der Waals surface area contributed by atoms with E-state index >= 15 is 0 Å². The van der Waals surface area contributed by atoms with Crippen molar-refractivity contribution in [2.45, 2.75) is 71.3 Å². The molecule has 0 N–H and O–H groups in total. The Hall–Kier alpha value is -6.00. The van der Waals surface area contributed by atoms with Crippen molar-refractivity contribution in [1.29, 1.82) is 0 Å². The van der Waals surface area contributed by atoms with E-state index in [1.165, 1.54) is 94.0 Å². The molecular weight excluding hydrogens is 1000 g/mol. The van der Waals surface area contributed by atoms with Gasteiger partial charge in [-0.3, -0.25) is 0 Å². The van der Waals surface area contributed by atoms with Crippen LogP contribution in [0.25, 0.3) is 0 Å². The molecule has 0 saturated heterocycles. The van der Waals surface area contributed by atoms with E-state index in [1.807, 2.05) is 71.8 Å². The molecule has 0 saturated carbocycles. The fourth-order valence-electron chi connectivity index (χ4n) is 11.1. The van der Waals surface area contributed by atoms with Gasteiger partial charge in [0.1, 0.15) is 23.3 Å². The Bertz CT molecular complexity index is 2700. The summed E-state index contributed by atoms with van der Waals surface area (Å²) >= 11 is 7.33. The number of rotatable bonds is 20. The van der Waals surface area contributed by atoms with Crippen molar-refractivity contribution in [2.24, 2.45) is 0 Å². The first-order valence-electron chi connectivity index (χ1n) is 26.5. The molecule has 380 valence electrons. The maximum absolute atomic E-state index is 4.96. The summed E-state index contributed by atoms with van der Waals surface area (Å²) in [4.78, 5) is 39.8. The monoisotopic (exact) mass is 1060 g/mol. The van der Waals surface area contributed by atoms with Crippen LogP contribution in [-0.4, -0.2) is 108 Å². The van der Waals surface area contributed by atoms with E-state index in [2.05, 4.69) is 179 Å². The van der Waals surface area contributed by atoms with Crippen molar-refractivity contribution in [1.82, 2.24) is 19.9 Å². The lowest BCUT2D eigenvalue weighted by molar-refractivity contribution is -0.907. The third-order valence-corrected chi connectivity index (χ3v) is 19.8. The molecule has 4 aromatic carbocycles. The van der Waals surface area contributed by atoms with Crippen LogP contribution in [0.4, 0.5) is 46.0 Å². The van der Waals surface area contributed by atoms with E-state index < -0.39 is 0 Å². The van der Waals surface area contributed by atoms with Gasteiger partial charge in [0, 0.05) is 44.4 Å². The lowest BCUT2D eigenvalue weighted by Crippen LogP contribution is -2.52. The second kappa shape index (κ2) is 22.3. The summed E-state index contributed by atoms with van der Waals surface area (Å²) in [5, 5.41) is 0. The average Bonchev–Trinajstić information content (AvgIpc) is 3.45. The van der Waals surface area contributed by atoms with Crippen LogP contribution in [0.2, 0.25) is 0 Å². The molecule has 0 bridgehead atoms. The number of hydrogen-bond donors (Lipinski definition) is 0. The van der Waals surface area contributed by atoms with Crippen LogP contribution >= 0.6 is 47.0 Å². The normalized spacial score (nSPS) is 14.2. The Balaban J connectivity index is 0.740. The minimum Gasteiger partial charge on any atom is -0.323 e. The molecule has 12 rings (SSSR count). The molecule has 0 amide bonds. The first kappa shape index (κ1) is 49.9. The third-order valence-electron chi connectivity index (χ3n) is 15.4. The average molecular weight is 1070 g/mol. The van der Waals surface area contributed by atoms with E-state index in [1.54, 1.807) is 0 Å². The predicted octanol–water partition coefficient (Wildman–Crippen LogP) is 14.6. The van der Waals surface area contributed by atoms with Gasteiger partial charge in [0.15, 0.2) is 0 Å². The number of para-hydroxylation sites is 4. The number of aromatic nitrogens is 4. The molecule has 14 heteroatoms. The van der Waals surface area contributed by atoms with Gasteiger partial charge in [0.2, 0.25) is 0 Å². The molecule has 0 radical (unpaired) electrons. The highest BCUT2D eigenvalue weighted by molar-refractivity contribution is 8.00. The zero-order valence-electron chi connectivity index (χ0n) is 42.9. The molecule has 8 heterocycles. The fourth-order valence-corrected chi connectivity index (χ4v) is 15.4. The number of anilines is 8. The molecule has 4 aromatic heterocycles. The molecule has 4 aliphatic heterocycles. The first-order valence-corrected chi connectivity index (χ1v) is 29.8. The molecule has 0 aliphatic carbocycles. The van der Waals surface area contributed by atoms with Gasteiger partial charge in [-0.05, 0) is 123 Å². The largest absolute Gasteiger partial charge is 0.323 e. The Kier molecular flexibility index (Phi) is 14.8. The smallest absolute Gasteiger partial charge is 0.147 e. The van der Waals surface area contributed by atoms with E-state index in [4.69, 9.17) is 19.9 Å². The summed E-state index contributed by atoms with van der Waals surface area (Å²) in [6, 6.07) is 52.5. The number of unbranched alkanes of at least 4 members (excludes halogenated alkanes) is 4. The van der Waals surface area contributed by atoms with Crippen molar-refractivity contribution < 1.29 is 8.97 Å². The van der Waals surface area contributed by atoms with Crippen LogP contribution in [-0.2, 0) is 0 Å². The summed E-state index contributed by atoms with van der Waals surface area (Å²) in [5.74, 6) is 4.28. The highest BCUT2D eigenvalue weighted by atomic mass is 32.2. The molecule has 10 nitrogen and oxygen atoms in total. The second-order valence-corrected chi connectivity index (χ2v) is 24.9. The van der Waals surface area contributed by atoms with Gasteiger partial charge in [0.25, 0.3) is 0 Å². The second-order valence-electron chi connectivity index (χ2n) is 20.5. The summed E-state index contributed by atoms with van der Waals surface area (Å²) in [6.07, 6.45) is 13.8. The molecular formula is C61H64N10S4+2. The number of quaternary nitrogens is 2. The molecule has 0 fully saturated rings. The predicted molar refractivity (Wildman–Crippen MR) is 312 cm³/mol. The van der Waals surface area contributed by atoms with Crippen LogP contribution in [0.1, 0.15) is 32.1 Å². The summed E-state index contributed by atoms with van der Waals surface area (Å²) in [5.41, 5.74) is 5.03. The maximum Gasteiger partial charge on any atom is 0.147 e. The van der Waals surface area contributed by atoms with Crippen LogP contribution in [0.3, 0.4) is 0 Å². The van der Waals surface area contributed by atoms with Crippen molar-refractivity contribution in [2.75, 3.05) is 99.1 Å². The van der Waals surface area contributed by atoms with Gasteiger partial charge in [-0.1, -0.05) is 102 Å². The number of benzene rings is 4. The van der Waals surface area contributed by atoms with Gasteiger partial charge in [-0.2, -0.15) is 0 Å². The van der Waals surface area contributed by atoms with Gasteiger partial charge >= 0.3 is 0 Å². The van der Waals surface area contributed by atoms with Gasteiger partial charge in [-0.15, -0.1) is 0 Å². The molecule has 0 spiro atoms. The number of hydrogen-bond acceptors (Lipinski definition) is 12. The minimum absolute atomic E-state index is 0.892. The van der Waals surface area contributed by atoms with Crippen LogP contribution in [0.15, 0.2) is 210 Å². The van der Waals surface area contributed by atoms with E-state index in [0.717, 1.165) is 97.7 Å². The van der Waals surface area contributed by atoms with Crippen molar-refractivity contribution in [3.63, 3.8) is 0 Å². The van der Waals surface area contributed by atoms with Gasteiger partial charge in [-0.25, -0.2) is 19.9 Å². The Morgan fingerprint density at radius 3 is 0.813 bits per heavy atom. The molecule has 75 heavy (non-hydrogen) atoms. The number of nitrogens with zero attached hydrogens (tertiary/aromatic N) is 10. The SMILES string of the molecule is C[N+](CCCCCCC[N+](C)(CCN1c2ccccc2Sc2cccnc21)CCN1c2ccccc2Sc2cccnc21)(CCN1c2ccccc2Sc2cccnc21)CCN1c2ccccc2Sc2cccnc21. The van der Waals surface area contributed by atoms with E-state index in [9.17, 15) is 0 Å². The zero-order chi connectivity index (χ0) is 50.6. The molecule has 0 atom stereocenters. The quantitative estimate of drug-likeness (QED) is 0.0539. The topological polar surface area (TPSA) is 64.5 Å². The zero-order valence-corrected chi connectivity index (χ0v) is 46.1. The Morgan fingerprint density at radius 1 is 0.293 bits per heavy atom. The lowest BCUT2D eigenvalue weighted by atomic mass is 10.1. The maximum atomic E-state index is 4.96. The van der Waals surface area contributed by atoms with Gasteiger partial charge in [0.05, 0.1) is 122 Å². The van der Waals surface area contributed by atoms with E-state index in [-0.39, 0.29) is 0 Å². The Labute approximate surface area is 459 Å². The summed E-state index contributed by atoms with van der Waals surface area (Å²) in [7, 11) is 4.99.